The number of fused-ring (bicyclic) bond motifs is 1. The molecule has 2 aromatic carbocycles. The third kappa shape index (κ3) is 4.61. The Labute approximate surface area is 193 Å². The highest BCUT2D eigenvalue weighted by molar-refractivity contribution is 5.89. The third-order valence-corrected chi connectivity index (χ3v) is 6.69. The number of nitrogens with one attached hydrogen (secondary N) is 2. The average Bonchev–Trinajstić information content (AvgIpc) is 3.02. The van der Waals surface area contributed by atoms with E-state index >= 15 is 0 Å². The fraction of sp³-hybridized carbons (Fsp3) is 0.458. The zero-order valence-corrected chi connectivity index (χ0v) is 19.1. The summed E-state index contributed by atoms with van der Waals surface area (Å²) in [6, 6.07) is 10.2. The Bertz CT molecular complexity index is 1030. The zero-order valence-electron chi connectivity index (χ0n) is 19.1. The van der Waals surface area contributed by atoms with Gasteiger partial charge in [0.25, 0.3) is 0 Å². The van der Waals surface area contributed by atoms with E-state index in [-0.39, 0.29) is 12.6 Å². The second kappa shape index (κ2) is 9.38. The number of rotatable bonds is 4. The van der Waals surface area contributed by atoms with Crippen molar-refractivity contribution in [3.63, 3.8) is 0 Å². The summed E-state index contributed by atoms with van der Waals surface area (Å²) in [7, 11) is 1.67. The standard InChI is InChI=1S/C24H32N4O5/c1-13-7-8-16(11-14(13)2)25-24(33)27(3)12-15-5-4-6-17-20(15)23(32)28(22(17)31)18-9-10-19(29)26-21(18)30/h4-8,11,18-19,21-23,26,29-32H,9-10,12H2,1-3H3,(H,25,33). The number of aliphatic hydroxyl groups is 4. The molecule has 2 amide bonds. The highest BCUT2D eigenvalue weighted by Gasteiger charge is 2.45. The van der Waals surface area contributed by atoms with Crippen molar-refractivity contribution in [3.05, 3.63) is 64.2 Å². The van der Waals surface area contributed by atoms with Crippen molar-refractivity contribution in [2.75, 3.05) is 12.4 Å². The number of hydrogen-bond acceptors (Lipinski definition) is 7. The van der Waals surface area contributed by atoms with Crippen molar-refractivity contribution < 1.29 is 25.2 Å². The van der Waals surface area contributed by atoms with Crippen LogP contribution in [0.3, 0.4) is 0 Å². The van der Waals surface area contributed by atoms with E-state index in [0.717, 1.165) is 11.1 Å². The van der Waals surface area contributed by atoms with Crippen molar-refractivity contribution in [2.24, 2.45) is 0 Å². The van der Waals surface area contributed by atoms with Crippen molar-refractivity contribution in [2.45, 2.75) is 64.2 Å². The number of hydrogen-bond donors (Lipinski definition) is 6. The van der Waals surface area contributed by atoms with Crippen LogP contribution in [0, 0.1) is 13.8 Å². The van der Waals surface area contributed by atoms with Crippen LogP contribution in [0.5, 0.6) is 0 Å². The maximum absolute atomic E-state index is 12.8. The van der Waals surface area contributed by atoms with E-state index in [9.17, 15) is 25.2 Å². The van der Waals surface area contributed by atoms with E-state index in [1.54, 1.807) is 19.2 Å². The maximum atomic E-state index is 12.8. The Morgan fingerprint density at radius 1 is 1.09 bits per heavy atom. The Kier molecular flexibility index (Phi) is 6.71. The van der Waals surface area contributed by atoms with Gasteiger partial charge in [-0.1, -0.05) is 24.3 Å². The molecule has 1 saturated heterocycles. The van der Waals surface area contributed by atoms with Crippen LogP contribution in [0.2, 0.25) is 0 Å². The van der Waals surface area contributed by atoms with Gasteiger partial charge in [-0.2, -0.15) is 0 Å². The van der Waals surface area contributed by atoms with Gasteiger partial charge in [-0.05, 0) is 55.5 Å². The number of aryl methyl sites for hydroxylation is 2. The highest BCUT2D eigenvalue weighted by Crippen LogP contribution is 2.44. The number of aliphatic hydroxyl groups excluding tert-OH is 4. The van der Waals surface area contributed by atoms with Gasteiger partial charge in [-0.25, -0.2) is 9.69 Å². The Balaban J connectivity index is 1.51. The topological polar surface area (TPSA) is 129 Å². The first kappa shape index (κ1) is 23.6. The van der Waals surface area contributed by atoms with E-state index in [1.165, 1.54) is 9.80 Å². The number of amides is 2. The van der Waals surface area contributed by atoms with Gasteiger partial charge in [0.2, 0.25) is 0 Å². The summed E-state index contributed by atoms with van der Waals surface area (Å²) in [5.74, 6) is 0. The molecule has 0 spiro atoms. The lowest BCUT2D eigenvalue weighted by molar-refractivity contribution is -0.159. The van der Waals surface area contributed by atoms with E-state index in [1.807, 2.05) is 38.1 Å². The molecule has 5 atom stereocenters. The van der Waals surface area contributed by atoms with Gasteiger partial charge in [0, 0.05) is 30.4 Å². The molecule has 1 fully saturated rings. The Morgan fingerprint density at radius 3 is 2.55 bits per heavy atom. The molecule has 9 heteroatoms. The first-order valence-electron chi connectivity index (χ1n) is 11.1. The minimum absolute atomic E-state index is 0.224. The second-order valence-corrected chi connectivity index (χ2v) is 8.97. The van der Waals surface area contributed by atoms with Crippen LogP contribution in [0.25, 0.3) is 0 Å². The molecule has 6 N–H and O–H groups in total. The van der Waals surface area contributed by atoms with Crippen LogP contribution in [-0.2, 0) is 6.54 Å². The summed E-state index contributed by atoms with van der Waals surface area (Å²) in [5.41, 5.74) is 4.72. The molecular weight excluding hydrogens is 424 g/mol. The first-order chi connectivity index (χ1) is 15.7. The summed E-state index contributed by atoms with van der Waals surface area (Å²) in [6.45, 7) is 4.22. The molecule has 2 heterocycles. The first-order valence-corrected chi connectivity index (χ1v) is 11.1. The van der Waals surface area contributed by atoms with Gasteiger partial charge in [0.1, 0.15) is 24.9 Å². The fourth-order valence-electron chi connectivity index (χ4n) is 4.67. The third-order valence-electron chi connectivity index (χ3n) is 6.69. The van der Waals surface area contributed by atoms with Gasteiger partial charge in [-0.15, -0.1) is 0 Å². The SMILES string of the molecule is Cc1ccc(NC(=O)N(C)Cc2cccc3c2C(O)N(C2CCC(O)NC2O)C3O)cc1C. The fourth-order valence-corrected chi connectivity index (χ4v) is 4.67. The molecule has 9 nitrogen and oxygen atoms in total. The van der Waals surface area contributed by atoms with Crippen LogP contribution in [0.4, 0.5) is 10.5 Å². The highest BCUT2D eigenvalue weighted by atomic mass is 16.3. The molecule has 2 aliphatic heterocycles. The lowest BCUT2D eigenvalue weighted by Crippen LogP contribution is -2.57. The second-order valence-electron chi connectivity index (χ2n) is 8.97. The number of carbonyl (C=O) groups is 1. The number of urea groups is 1. The van der Waals surface area contributed by atoms with E-state index < -0.39 is 31.0 Å². The minimum Gasteiger partial charge on any atom is -0.379 e. The predicted molar refractivity (Wildman–Crippen MR) is 123 cm³/mol. The molecule has 33 heavy (non-hydrogen) atoms. The van der Waals surface area contributed by atoms with Crippen LogP contribution >= 0.6 is 0 Å². The number of nitrogens with zero attached hydrogens (tertiary/aromatic N) is 2. The quantitative estimate of drug-likeness (QED) is 0.413. The number of carbonyl (C=O) groups excluding carboxylic acids is 1. The van der Waals surface area contributed by atoms with Crippen LogP contribution < -0.4 is 10.6 Å². The average molecular weight is 457 g/mol. The molecule has 0 aliphatic carbocycles. The van der Waals surface area contributed by atoms with Crippen LogP contribution in [0.15, 0.2) is 36.4 Å². The zero-order chi connectivity index (χ0) is 23.9. The summed E-state index contributed by atoms with van der Waals surface area (Å²) in [5, 5.41) is 47.7. The van der Waals surface area contributed by atoms with E-state index in [4.69, 9.17) is 0 Å². The molecule has 5 unspecified atom stereocenters. The number of anilines is 1. The Hall–Kier alpha value is -2.53. The van der Waals surface area contributed by atoms with Crippen molar-refractivity contribution in [1.82, 2.24) is 15.1 Å². The van der Waals surface area contributed by atoms with Gasteiger partial charge >= 0.3 is 6.03 Å². The predicted octanol–water partition coefficient (Wildman–Crippen LogP) is 1.65. The molecule has 2 aliphatic rings. The molecule has 0 aromatic heterocycles. The summed E-state index contributed by atoms with van der Waals surface area (Å²) < 4.78 is 0. The molecule has 2 aromatic rings. The molecule has 0 saturated carbocycles. The largest absolute Gasteiger partial charge is 0.379 e. The van der Waals surface area contributed by atoms with Crippen LogP contribution in [0.1, 0.15) is 53.1 Å². The van der Waals surface area contributed by atoms with E-state index in [2.05, 4.69) is 10.6 Å². The van der Waals surface area contributed by atoms with Crippen molar-refractivity contribution >= 4 is 11.7 Å². The van der Waals surface area contributed by atoms with Crippen LogP contribution in [-0.4, -0.2) is 61.8 Å². The lowest BCUT2D eigenvalue weighted by Gasteiger charge is -2.40. The van der Waals surface area contributed by atoms with Gasteiger partial charge in [-0.3, -0.25) is 5.32 Å². The van der Waals surface area contributed by atoms with Gasteiger partial charge < -0.3 is 30.6 Å². The molecule has 0 bridgehead atoms. The number of piperidine rings is 1. The monoisotopic (exact) mass is 456 g/mol. The van der Waals surface area contributed by atoms with Gasteiger partial charge in [0.15, 0.2) is 0 Å². The van der Waals surface area contributed by atoms with E-state index in [0.29, 0.717) is 35.2 Å². The summed E-state index contributed by atoms with van der Waals surface area (Å²) in [4.78, 5) is 15.7. The smallest absolute Gasteiger partial charge is 0.321 e. The lowest BCUT2D eigenvalue weighted by atomic mass is 10.0. The molecule has 0 radical (unpaired) electrons. The van der Waals surface area contributed by atoms with Gasteiger partial charge in [0.05, 0.1) is 6.04 Å². The summed E-state index contributed by atoms with van der Waals surface area (Å²) in [6.07, 6.45) is -3.38. The summed E-state index contributed by atoms with van der Waals surface area (Å²) >= 11 is 0. The maximum Gasteiger partial charge on any atom is 0.321 e. The van der Waals surface area contributed by atoms with Crippen molar-refractivity contribution in [3.8, 4) is 0 Å². The normalized spacial score (nSPS) is 27.3. The number of benzene rings is 2. The Morgan fingerprint density at radius 2 is 1.85 bits per heavy atom. The molecule has 4 rings (SSSR count). The van der Waals surface area contributed by atoms with Crippen molar-refractivity contribution in [1.29, 1.82) is 0 Å². The minimum atomic E-state index is -1.15. The molecular formula is C24H32N4O5. The molecule has 178 valence electrons.